The van der Waals surface area contributed by atoms with Crippen LogP contribution in [0.3, 0.4) is 0 Å². The highest BCUT2D eigenvalue weighted by atomic mass is 32.2. The van der Waals surface area contributed by atoms with Gasteiger partial charge in [-0.25, -0.2) is 13.1 Å². The fraction of sp³-hybridized carbons (Fsp3) is 1.00. The van der Waals surface area contributed by atoms with Gasteiger partial charge in [-0.3, -0.25) is 0 Å². The van der Waals surface area contributed by atoms with Crippen molar-refractivity contribution in [3.05, 3.63) is 0 Å². The molecule has 1 aliphatic heterocycles. The van der Waals surface area contributed by atoms with Crippen molar-refractivity contribution in [3.8, 4) is 0 Å². The van der Waals surface area contributed by atoms with Gasteiger partial charge in [-0.05, 0) is 45.3 Å². The average Bonchev–Trinajstić information content (AvgIpc) is 2.21. The molecular formula is C11H24N2O2S. The van der Waals surface area contributed by atoms with Crippen molar-refractivity contribution in [1.29, 1.82) is 0 Å². The summed E-state index contributed by atoms with van der Waals surface area (Å²) in [5.41, 5.74) is 0. The van der Waals surface area contributed by atoms with Gasteiger partial charge in [0.2, 0.25) is 10.0 Å². The SMILES string of the molecule is CCCN1CCC(NS(=O)(=O)CCC)CC1. The van der Waals surface area contributed by atoms with Gasteiger partial charge < -0.3 is 4.90 Å². The van der Waals surface area contributed by atoms with Crippen LogP contribution in [-0.2, 0) is 10.0 Å². The fourth-order valence-corrected chi connectivity index (χ4v) is 3.57. The second-order valence-corrected chi connectivity index (χ2v) is 6.43. The predicted molar refractivity (Wildman–Crippen MR) is 67.0 cm³/mol. The monoisotopic (exact) mass is 248 g/mol. The highest BCUT2D eigenvalue weighted by Crippen LogP contribution is 2.11. The summed E-state index contributed by atoms with van der Waals surface area (Å²) in [5.74, 6) is 0.252. The van der Waals surface area contributed by atoms with Gasteiger partial charge in [-0.1, -0.05) is 13.8 Å². The molecule has 0 amide bonds. The summed E-state index contributed by atoms with van der Waals surface area (Å²) in [5, 5.41) is 0. The van der Waals surface area contributed by atoms with E-state index in [-0.39, 0.29) is 11.8 Å². The maximum atomic E-state index is 11.6. The molecule has 1 N–H and O–H groups in total. The van der Waals surface area contributed by atoms with E-state index in [9.17, 15) is 8.42 Å². The number of nitrogens with zero attached hydrogens (tertiary/aromatic N) is 1. The van der Waals surface area contributed by atoms with Crippen LogP contribution in [0.15, 0.2) is 0 Å². The standard InChI is InChI=1S/C11H24N2O2S/c1-3-7-13-8-5-11(6-9-13)12-16(14,15)10-4-2/h11-12H,3-10H2,1-2H3. The number of hydrogen-bond donors (Lipinski definition) is 1. The van der Waals surface area contributed by atoms with Crippen LogP contribution < -0.4 is 4.72 Å². The van der Waals surface area contributed by atoms with E-state index < -0.39 is 10.0 Å². The van der Waals surface area contributed by atoms with Gasteiger partial charge in [-0.2, -0.15) is 0 Å². The maximum absolute atomic E-state index is 11.6. The zero-order valence-electron chi connectivity index (χ0n) is 10.4. The molecule has 1 rings (SSSR count). The largest absolute Gasteiger partial charge is 0.303 e. The predicted octanol–water partition coefficient (Wildman–Crippen LogP) is 1.19. The Morgan fingerprint density at radius 1 is 1.19 bits per heavy atom. The highest BCUT2D eigenvalue weighted by molar-refractivity contribution is 7.89. The van der Waals surface area contributed by atoms with Gasteiger partial charge in [0, 0.05) is 6.04 Å². The average molecular weight is 248 g/mol. The van der Waals surface area contributed by atoms with Gasteiger partial charge in [-0.15, -0.1) is 0 Å². The van der Waals surface area contributed by atoms with Crippen LogP contribution in [0.4, 0.5) is 0 Å². The Balaban J connectivity index is 2.32. The van der Waals surface area contributed by atoms with Gasteiger partial charge in [0.15, 0.2) is 0 Å². The van der Waals surface area contributed by atoms with E-state index >= 15 is 0 Å². The summed E-state index contributed by atoms with van der Waals surface area (Å²) < 4.78 is 26.0. The first kappa shape index (κ1) is 13.9. The second kappa shape index (κ2) is 6.57. The number of piperidine rings is 1. The van der Waals surface area contributed by atoms with Gasteiger partial charge in [0.05, 0.1) is 5.75 Å². The lowest BCUT2D eigenvalue weighted by Crippen LogP contribution is -2.45. The van der Waals surface area contributed by atoms with Crippen LogP contribution in [0.2, 0.25) is 0 Å². The maximum Gasteiger partial charge on any atom is 0.211 e. The Kier molecular flexibility index (Phi) is 5.72. The molecule has 0 radical (unpaired) electrons. The Morgan fingerprint density at radius 2 is 1.81 bits per heavy atom. The lowest BCUT2D eigenvalue weighted by atomic mass is 10.1. The molecule has 1 heterocycles. The number of nitrogens with one attached hydrogen (secondary N) is 1. The summed E-state index contributed by atoms with van der Waals surface area (Å²) in [6.45, 7) is 7.24. The molecule has 5 heteroatoms. The lowest BCUT2D eigenvalue weighted by Gasteiger charge is -2.31. The summed E-state index contributed by atoms with van der Waals surface area (Å²) in [7, 11) is -3.03. The van der Waals surface area contributed by atoms with Crippen LogP contribution >= 0.6 is 0 Å². The van der Waals surface area contributed by atoms with Crippen LogP contribution in [0.1, 0.15) is 39.5 Å². The minimum atomic E-state index is -3.03. The van der Waals surface area contributed by atoms with E-state index in [1.807, 2.05) is 6.92 Å². The quantitative estimate of drug-likeness (QED) is 0.768. The molecular weight excluding hydrogens is 224 g/mol. The first-order valence-electron chi connectivity index (χ1n) is 6.29. The molecule has 0 spiro atoms. The van der Waals surface area contributed by atoms with Crippen molar-refractivity contribution in [2.75, 3.05) is 25.4 Å². The third-order valence-electron chi connectivity index (χ3n) is 2.95. The normalized spacial score (nSPS) is 20.1. The van der Waals surface area contributed by atoms with Crippen LogP contribution in [-0.4, -0.2) is 44.7 Å². The van der Waals surface area contributed by atoms with Crippen LogP contribution in [0, 0.1) is 0 Å². The third-order valence-corrected chi connectivity index (χ3v) is 4.58. The number of likely N-dealkylation sites (tertiary alicyclic amines) is 1. The molecule has 4 nitrogen and oxygen atoms in total. The minimum Gasteiger partial charge on any atom is -0.303 e. The van der Waals surface area contributed by atoms with Crippen molar-refractivity contribution in [2.45, 2.75) is 45.6 Å². The molecule has 0 bridgehead atoms. The molecule has 16 heavy (non-hydrogen) atoms. The van der Waals surface area contributed by atoms with E-state index in [0.717, 1.165) is 32.5 Å². The molecule has 0 saturated carbocycles. The van der Waals surface area contributed by atoms with E-state index in [1.54, 1.807) is 0 Å². The summed E-state index contributed by atoms with van der Waals surface area (Å²) in [6, 6.07) is 0.157. The minimum absolute atomic E-state index is 0.157. The molecule has 1 aliphatic rings. The summed E-state index contributed by atoms with van der Waals surface area (Å²) in [6.07, 6.45) is 3.75. The zero-order chi connectivity index (χ0) is 12.0. The van der Waals surface area contributed by atoms with Crippen LogP contribution in [0.25, 0.3) is 0 Å². The first-order valence-corrected chi connectivity index (χ1v) is 7.95. The van der Waals surface area contributed by atoms with E-state index in [0.29, 0.717) is 6.42 Å². The molecule has 0 aromatic rings. The van der Waals surface area contributed by atoms with Gasteiger partial charge >= 0.3 is 0 Å². The zero-order valence-corrected chi connectivity index (χ0v) is 11.2. The number of sulfonamides is 1. The molecule has 1 saturated heterocycles. The Labute approximate surface area is 99.5 Å². The van der Waals surface area contributed by atoms with Crippen molar-refractivity contribution in [2.24, 2.45) is 0 Å². The Hall–Kier alpha value is -0.130. The molecule has 0 aliphatic carbocycles. The molecule has 0 atom stereocenters. The van der Waals surface area contributed by atoms with Crippen molar-refractivity contribution < 1.29 is 8.42 Å². The van der Waals surface area contributed by atoms with Gasteiger partial charge in [0.1, 0.15) is 0 Å². The Morgan fingerprint density at radius 3 is 2.31 bits per heavy atom. The third kappa shape index (κ3) is 4.80. The van der Waals surface area contributed by atoms with Gasteiger partial charge in [0.25, 0.3) is 0 Å². The van der Waals surface area contributed by atoms with Crippen molar-refractivity contribution in [1.82, 2.24) is 9.62 Å². The van der Waals surface area contributed by atoms with Crippen molar-refractivity contribution >= 4 is 10.0 Å². The highest BCUT2D eigenvalue weighted by Gasteiger charge is 2.22. The second-order valence-electron chi connectivity index (χ2n) is 4.55. The fourth-order valence-electron chi connectivity index (χ4n) is 2.17. The van der Waals surface area contributed by atoms with Crippen LogP contribution in [0.5, 0.6) is 0 Å². The van der Waals surface area contributed by atoms with Crippen molar-refractivity contribution in [3.63, 3.8) is 0 Å². The number of hydrogen-bond acceptors (Lipinski definition) is 3. The Bertz CT molecular complexity index is 282. The molecule has 0 aromatic heterocycles. The first-order chi connectivity index (χ1) is 7.57. The van der Waals surface area contributed by atoms with E-state index in [2.05, 4.69) is 16.5 Å². The topological polar surface area (TPSA) is 49.4 Å². The molecule has 1 fully saturated rings. The molecule has 96 valence electrons. The molecule has 0 unspecified atom stereocenters. The lowest BCUT2D eigenvalue weighted by molar-refractivity contribution is 0.208. The molecule has 0 aromatic carbocycles. The summed E-state index contributed by atoms with van der Waals surface area (Å²) >= 11 is 0. The van der Waals surface area contributed by atoms with E-state index in [4.69, 9.17) is 0 Å². The number of rotatable bonds is 6. The smallest absolute Gasteiger partial charge is 0.211 e. The summed E-state index contributed by atoms with van der Waals surface area (Å²) in [4.78, 5) is 2.41. The van der Waals surface area contributed by atoms with E-state index in [1.165, 1.54) is 6.42 Å².